The van der Waals surface area contributed by atoms with Gasteiger partial charge in [0.05, 0.1) is 5.84 Å². The first kappa shape index (κ1) is 20.8. The molecule has 2 fully saturated rings. The van der Waals surface area contributed by atoms with Crippen LogP contribution >= 0.6 is 0 Å². The summed E-state index contributed by atoms with van der Waals surface area (Å²) >= 11 is 0. The van der Waals surface area contributed by atoms with Crippen molar-refractivity contribution >= 4 is 11.8 Å². The highest BCUT2D eigenvalue weighted by Crippen LogP contribution is 2.23. The Bertz CT molecular complexity index is 405. The standard InChI is InChI=1S/C10H20N2.C9H19N3/c1-8(2)6-10-4-5-12(7-10)9(3)11;1-7(2)6-8-4-3-5-12(8)9(10)11/h8,10-11H,4-7H2,1-3H3;7-8H,3-6H2,1-2H3,(H3,10,11). The molecule has 0 amide bonds. The third-order valence-corrected chi connectivity index (χ3v) is 4.99. The van der Waals surface area contributed by atoms with E-state index >= 15 is 0 Å². The monoisotopic (exact) mass is 337 g/mol. The van der Waals surface area contributed by atoms with Crippen molar-refractivity contribution in [3.63, 3.8) is 0 Å². The molecular weight excluding hydrogens is 298 g/mol. The largest absolute Gasteiger partial charge is 0.370 e. The second-order valence-corrected chi connectivity index (χ2v) is 8.32. The van der Waals surface area contributed by atoms with Gasteiger partial charge in [0.1, 0.15) is 0 Å². The maximum absolute atomic E-state index is 7.49. The quantitative estimate of drug-likeness (QED) is 0.540. The zero-order valence-corrected chi connectivity index (χ0v) is 16.4. The minimum Gasteiger partial charge on any atom is -0.370 e. The third-order valence-electron chi connectivity index (χ3n) is 4.99. The minimum atomic E-state index is 0.248. The van der Waals surface area contributed by atoms with E-state index < -0.39 is 0 Å². The molecule has 0 radical (unpaired) electrons. The van der Waals surface area contributed by atoms with E-state index in [0.717, 1.165) is 37.3 Å². The van der Waals surface area contributed by atoms with Crippen molar-refractivity contribution in [2.45, 2.75) is 72.8 Å². The van der Waals surface area contributed by atoms with Gasteiger partial charge in [0.15, 0.2) is 5.96 Å². The summed E-state index contributed by atoms with van der Waals surface area (Å²) in [4.78, 5) is 4.22. The van der Waals surface area contributed by atoms with Crippen molar-refractivity contribution < 1.29 is 0 Å². The molecule has 0 aliphatic carbocycles. The number of nitrogens with one attached hydrogen (secondary N) is 2. The molecule has 0 spiro atoms. The lowest BCUT2D eigenvalue weighted by atomic mass is 9.97. The minimum absolute atomic E-state index is 0.248. The van der Waals surface area contributed by atoms with Crippen LogP contribution in [-0.4, -0.2) is 47.3 Å². The van der Waals surface area contributed by atoms with Gasteiger partial charge in [0.25, 0.3) is 0 Å². The second kappa shape index (κ2) is 9.90. The second-order valence-electron chi connectivity index (χ2n) is 8.32. The van der Waals surface area contributed by atoms with Gasteiger partial charge in [-0.1, -0.05) is 27.7 Å². The highest BCUT2D eigenvalue weighted by atomic mass is 15.3. The van der Waals surface area contributed by atoms with E-state index in [-0.39, 0.29) is 5.96 Å². The molecule has 0 bridgehead atoms. The number of amidine groups is 1. The average Bonchev–Trinajstić information content (AvgIpc) is 3.07. The van der Waals surface area contributed by atoms with Gasteiger partial charge < -0.3 is 15.5 Å². The molecule has 24 heavy (non-hydrogen) atoms. The first-order valence-electron chi connectivity index (χ1n) is 9.61. The van der Waals surface area contributed by atoms with Gasteiger partial charge in [-0.25, -0.2) is 0 Å². The van der Waals surface area contributed by atoms with Crippen molar-refractivity contribution in [2.75, 3.05) is 19.6 Å². The summed E-state index contributed by atoms with van der Waals surface area (Å²) < 4.78 is 0. The molecule has 2 rings (SSSR count). The summed E-state index contributed by atoms with van der Waals surface area (Å²) in [6.45, 7) is 14.1. The zero-order chi connectivity index (χ0) is 18.3. The van der Waals surface area contributed by atoms with Crippen LogP contribution < -0.4 is 5.73 Å². The first-order valence-corrected chi connectivity index (χ1v) is 9.61. The number of likely N-dealkylation sites (tertiary alicyclic amines) is 2. The van der Waals surface area contributed by atoms with Crippen molar-refractivity contribution in [1.82, 2.24) is 9.80 Å². The van der Waals surface area contributed by atoms with E-state index in [0.29, 0.717) is 12.0 Å². The lowest BCUT2D eigenvalue weighted by Gasteiger charge is -2.25. The fourth-order valence-corrected chi connectivity index (χ4v) is 3.94. The highest BCUT2D eigenvalue weighted by molar-refractivity contribution is 5.76. The number of nitrogens with two attached hydrogens (primary N) is 1. The molecule has 0 aromatic heterocycles. The fourth-order valence-electron chi connectivity index (χ4n) is 3.94. The van der Waals surface area contributed by atoms with Crippen LogP contribution in [0.2, 0.25) is 0 Å². The van der Waals surface area contributed by atoms with Crippen LogP contribution in [0.15, 0.2) is 0 Å². The van der Waals surface area contributed by atoms with Gasteiger partial charge in [0.2, 0.25) is 0 Å². The van der Waals surface area contributed by atoms with E-state index in [1.54, 1.807) is 0 Å². The van der Waals surface area contributed by atoms with Gasteiger partial charge >= 0.3 is 0 Å². The molecule has 2 atom stereocenters. The summed E-state index contributed by atoms with van der Waals surface area (Å²) in [5, 5.41) is 14.9. The Morgan fingerprint density at radius 3 is 2.12 bits per heavy atom. The summed E-state index contributed by atoms with van der Waals surface area (Å²) in [6, 6.07) is 0.530. The molecule has 5 nitrogen and oxygen atoms in total. The van der Waals surface area contributed by atoms with Crippen LogP contribution in [0.5, 0.6) is 0 Å². The first-order chi connectivity index (χ1) is 11.2. The fraction of sp³-hybridized carbons (Fsp3) is 0.895. The molecule has 0 saturated carbocycles. The van der Waals surface area contributed by atoms with Crippen LogP contribution in [0, 0.1) is 28.6 Å². The number of guanidine groups is 1. The van der Waals surface area contributed by atoms with Gasteiger partial charge in [-0.2, -0.15) is 0 Å². The predicted octanol–water partition coefficient (Wildman–Crippen LogP) is 3.74. The molecule has 2 unspecified atom stereocenters. The Balaban J connectivity index is 0.000000240. The predicted molar refractivity (Wildman–Crippen MR) is 104 cm³/mol. The Hall–Kier alpha value is -1.26. The van der Waals surface area contributed by atoms with Gasteiger partial charge in [0, 0.05) is 25.7 Å². The van der Waals surface area contributed by atoms with Crippen LogP contribution in [0.4, 0.5) is 0 Å². The van der Waals surface area contributed by atoms with Gasteiger partial charge in [-0.3, -0.25) is 10.8 Å². The Labute approximate surface area is 149 Å². The maximum atomic E-state index is 7.49. The van der Waals surface area contributed by atoms with Gasteiger partial charge in [-0.15, -0.1) is 0 Å². The SMILES string of the molecule is CC(=N)N1CCC(CC(C)C)C1.CC(C)CC1CCCN1C(=N)N. The topological polar surface area (TPSA) is 80.2 Å². The number of nitrogens with zero attached hydrogens (tertiary/aromatic N) is 2. The molecule has 2 heterocycles. The summed E-state index contributed by atoms with van der Waals surface area (Å²) in [5.74, 6) is 3.33. The molecule has 2 saturated heterocycles. The molecule has 5 heteroatoms. The molecular formula is C19H39N5. The summed E-state index contributed by atoms with van der Waals surface area (Å²) in [6.07, 6.45) is 6.17. The molecule has 0 aromatic carbocycles. The third kappa shape index (κ3) is 7.10. The number of hydrogen-bond donors (Lipinski definition) is 3. The van der Waals surface area contributed by atoms with Gasteiger partial charge in [-0.05, 0) is 56.8 Å². The normalized spacial score (nSPS) is 23.6. The number of hydrogen-bond acceptors (Lipinski definition) is 2. The number of rotatable bonds is 4. The van der Waals surface area contributed by atoms with E-state index in [2.05, 4.69) is 32.6 Å². The maximum Gasteiger partial charge on any atom is 0.188 e. The van der Waals surface area contributed by atoms with Crippen molar-refractivity contribution in [3.8, 4) is 0 Å². The molecule has 2 aliphatic rings. The van der Waals surface area contributed by atoms with E-state index in [9.17, 15) is 0 Å². The highest BCUT2D eigenvalue weighted by Gasteiger charge is 2.25. The summed E-state index contributed by atoms with van der Waals surface area (Å²) in [7, 11) is 0. The summed E-state index contributed by atoms with van der Waals surface area (Å²) in [5.41, 5.74) is 5.47. The smallest absolute Gasteiger partial charge is 0.188 e. The molecule has 140 valence electrons. The molecule has 0 aromatic rings. The molecule has 2 aliphatic heterocycles. The Morgan fingerprint density at radius 1 is 1.04 bits per heavy atom. The van der Waals surface area contributed by atoms with Crippen molar-refractivity contribution in [1.29, 1.82) is 10.8 Å². The van der Waals surface area contributed by atoms with Crippen molar-refractivity contribution in [3.05, 3.63) is 0 Å². The average molecular weight is 338 g/mol. The van der Waals surface area contributed by atoms with Crippen molar-refractivity contribution in [2.24, 2.45) is 23.5 Å². The van der Waals surface area contributed by atoms with E-state index in [1.807, 2.05) is 11.8 Å². The van der Waals surface area contributed by atoms with Crippen LogP contribution in [-0.2, 0) is 0 Å². The lowest BCUT2D eigenvalue weighted by molar-refractivity contribution is 0.328. The molecule has 4 N–H and O–H groups in total. The lowest BCUT2D eigenvalue weighted by Crippen LogP contribution is -2.40. The van der Waals surface area contributed by atoms with E-state index in [1.165, 1.54) is 32.1 Å². The zero-order valence-electron chi connectivity index (χ0n) is 16.4. The Morgan fingerprint density at radius 2 is 1.67 bits per heavy atom. The van der Waals surface area contributed by atoms with Crippen LogP contribution in [0.3, 0.4) is 0 Å². The van der Waals surface area contributed by atoms with Crippen LogP contribution in [0.1, 0.15) is 66.7 Å². The van der Waals surface area contributed by atoms with Crippen LogP contribution in [0.25, 0.3) is 0 Å². The van der Waals surface area contributed by atoms with E-state index in [4.69, 9.17) is 16.6 Å². The Kier molecular flexibility index (Phi) is 8.57.